The predicted octanol–water partition coefficient (Wildman–Crippen LogP) is 1.31. The van der Waals surface area contributed by atoms with Gasteiger partial charge in [-0.1, -0.05) is 42.1 Å². The first-order valence-corrected chi connectivity index (χ1v) is 7.86. The van der Waals surface area contributed by atoms with Gasteiger partial charge >= 0.3 is 0 Å². The van der Waals surface area contributed by atoms with E-state index in [1.807, 2.05) is 30.3 Å². The van der Waals surface area contributed by atoms with Crippen molar-refractivity contribution in [2.24, 2.45) is 0 Å². The van der Waals surface area contributed by atoms with Crippen LogP contribution >= 0.6 is 11.8 Å². The van der Waals surface area contributed by atoms with Crippen LogP contribution in [0.2, 0.25) is 0 Å². The number of carbonyl (C=O) groups excluding carboxylic acids is 1. The third kappa shape index (κ3) is 4.70. The number of aryl methyl sites for hydroxylation is 1. The van der Waals surface area contributed by atoms with Crippen molar-refractivity contribution in [2.75, 3.05) is 6.54 Å². The van der Waals surface area contributed by atoms with Gasteiger partial charge < -0.3 is 5.32 Å². The van der Waals surface area contributed by atoms with E-state index in [2.05, 4.69) is 20.5 Å². The Kier molecular flexibility index (Phi) is 5.71. The Hall–Kier alpha value is -2.15. The Bertz CT molecular complexity index is 687. The van der Waals surface area contributed by atoms with Crippen LogP contribution in [-0.2, 0) is 11.2 Å². The van der Waals surface area contributed by atoms with Gasteiger partial charge in [-0.15, -0.1) is 10.2 Å². The van der Waals surface area contributed by atoms with Crippen molar-refractivity contribution in [1.29, 1.82) is 0 Å². The lowest BCUT2D eigenvalue weighted by atomic mass is 10.1. The Labute approximate surface area is 132 Å². The molecule has 0 bridgehead atoms. The minimum absolute atomic E-state index is 0.0934. The molecule has 6 nitrogen and oxygen atoms in total. The van der Waals surface area contributed by atoms with Crippen molar-refractivity contribution in [1.82, 2.24) is 20.5 Å². The van der Waals surface area contributed by atoms with Gasteiger partial charge in [0.2, 0.25) is 5.91 Å². The molecule has 0 aliphatic rings. The molecular weight excluding hydrogens is 300 g/mol. The molecule has 1 unspecified atom stereocenters. The number of aromatic nitrogens is 3. The highest BCUT2D eigenvalue weighted by molar-refractivity contribution is 8.00. The summed E-state index contributed by atoms with van der Waals surface area (Å²) in [5, 5.41) is 10.5. The van der Waals surface area contributed by atoms with Crippen LogP contribution in [0.3, 0.4) is 0 Å². The van der Waals surface area contributed by atoms with E-state index >= 15 is 0 Å². The maximum Gasteiger partial charge on any atom is 0.273 e. The van der Waals surface area contributed by atoms with Crippen LogP contribution in [0.25, 0.3) is 0 Å². The summed E-state index contributed by atoms with van der Waals surface area (Å²) in [6.45, 7) is 3.92. The number of nitrogens with zero attached hydrogens (tertiary/aromatic N) is 2. The lowest BCUT2D eigenvalue weighted by Gasteiger charge is -2.11. The number of hydrogen-bond donors (Lipinski definition) is 2. The van der Waals surface area contributed by atoms with Gasteiger partial charge in [0.05, 0.1) is 5.25 Å². The zero-order chi connectivity index (χ0) is 15.9. The van der Waals surface area contributed by atoms with Gasteiger partial charge in [0.1, 0.15) is 5.69 Å². The monoisotopic (exact) mass is 318 g/mol. The molecule has 0 spiro atoms. The standard InChI is InChI=1S/C15H18N4O2S/c1-10-13(20)17-15(19-18-10)22-11(2)14(21)16-9-8-12-6-4-3-5-7-12/h3-7,11H,8-9H2,1-2H3,(H,16,21)(H,17,19,20). The van der Waals surface area contributed by atoms with Crippen LogP contribution in [-0.4, -0.2) is 32.9 Å². The quantitative estimate of drug-likeness (QED) is 0.784. The minimum Gasteiger partial charge on any atom is -0.355 e. The van der Waals surface area contributed by atoms with Crippen molar-refractivity contribution >= 4 is 17.7 Å². The fraction of sp³-hybridized carbons (Fsp3) is 0.333. The third-order valence-corrected chi connectivity index (χ3v) is 4.03. The molecule has 0 aliphatic carbocycles. The van der Waals surface area contributed by atoms with Crippen LogP contribution < -0.4 is 10.9 Å². The molecule has 1 aromatic heterocycles. The lowest BCUT2D eigenvalue weighted by molar-refractivity contribution is -0.120. The Morgan fingerprint density at radius 1 is 1.32 bits per heavy atom. The van der Waals surface area contributed by atoms with Gasteiger partial charge in [0.15, 0.2) is 5.16 Å². The minimum atomic E-state index is -0.358. The summed E-state index contributed by atoms with van der Waals surface area (Å²) >= 11 is 1.18. The molecular formula is C15H18N4O2S. The molecule has 2 aromatic rings. The van der Waals surface area contributed by atoms with Crippen LogP contribution in [0.4, 0.5) is 0 Å². The van der Waals surface area contributed by atoms with Crippen LogP contribution in [0.15, 0.2) is 40.3 Å². The molecule has 1 aromatic carbocycles. The summed E-state index contributed by atoms with van der Waals surface area (Å²) < 4.78 is 0. The summed E-state index contributed by atoms with van der Waals surface area (Å²) in [7, 11) is 0. The van der Waals surface area contributed by atoms with Crippen LogP contribution in [0.5, 0.6) is 0 Å². The highest BCUT2D eigenvalue weighted by atomic mass is 32.2. The number of amides is 1. The van der Waals surface area contributed by atoms with Gasteiger partial charge in [0.25, 0.3) is 5.56 Å². The lowest BCUT2D eigenvalue weighted by Crippen LogP contribution is -2.32. The maximum absolute atomic E-state index is 12.0. The second-order valence-electron chi connectivity index (χ2n) is 4.83. The maximum atomic E-state index is 12.0. The highest BCUT2D eigenvalue weighted by Crippen LogP contribution is 2.17. The second-order valence-corrected chi connectivity index (χ2v) is 6.16. The molecule has 1 atom stereocenters. The van der Waals surface area contributed by atoms with E-state index in [1.54, 1.807) is 13.8 Å². The van der Waals surface area contributed by atoms with E-state index in [0.29, 0.717) is 17.4 Å². The first-order valence-electron chi connectivity index (χ1n) is 6.98. The van der Waals surface area contributed by atoms with Crippen molar-refractivity contribution in [3.63, 3.8) is 0 Å². The average molecular weight is 318 g/mol. The molecule has 0 fully saturated rings. The molecule has 7 heteroatoms. The third-order valence-electron chi connectivity index (χ3n) is 3.05. The first kappa shape index (κ1) is 16.2. The molecule has 1 heterocycles. The second kappa shape index (κ2) is 7.74. The number of hydrogen-bond acceptors (Lipinski definition) is 5. The van der Waals surface area contributed by atoms with Crippen molar-refractivity contribution in [3.05, 3.63) is 51.9 Å². The van der Waals surface area contributed by atoms with Gasteiger partial charge in [-0.05, 0) is 25.8 Å². The zero-order valence-electron chi connectivity index (χ0n) is 12.5. The summed E-state index contributed by atoms with van der Waals surface area (Å²) in [5.74, 6) is -0.0934. The first-order chi connectivity index (χ1) is 10.6. The summed E-state index contributed by atoms with van der Waals surface area (Å²) in [6, 6.07) is 9.96. The van der Waals surface area contributed by atoms with E-state index in [4.69, 9.17) is 0 Å². The van der Waals surface area contributed by atoms with Crippen LogP contribution in [0, 0.1) is 6.92 Å². The molecule has 2 rings (SSSR count). The Morgan fingerprint density at radius 2 is 2.05 bits per heavy atom. The van der Waals surface area contributed by atoms with Crippen LogP contribution in [0.1, 0.15) is 18.2 Å². The highest BCUT2D eigenvalue weighted by Gasteiger charge is 2.15. The van der Waals surface area contributed by atoms with E-state index in [-0.39, 0.29) is 16.7 Å². The summed E-state index contributed by atoms with van der Waals surface area (Å²) in [4.78, 5) is 26.1. The average Bonchev–Trinajstić information content (AvgIpc) is 2.52. The normalized spacial score (nSPS) is 11.9. The van der Waals surface area contributed by atoms with E-state index in [9.17, 15) is 9.59 Å². The fourth-order valence-corrected chi connectivity index (χ4v) is 2.54. The molecule has 0 aliphatic heterocycles. The number of carbonyl (C=O) groups is 1. The predicted molar refractivity (Wildman–Crippen MR) is 85.9 cm³/mol. The Balaban J connectivity index is 1.81. The number of aromatic amines is 1. The van der Waals surface area contributed by atoms with Gasteiger partial charge in [-0.25, -0.2) is 0 Å². The Morgan fingerprint density at radius 3 is 2.73 bits per heavy atom. The fourth-order valence-electron chi connectivity index (χ4n) is 1.77. The molecule has 0 saturated heterocycles. The molecule has 2 N–H and O–H groups in total. The number of benzene rings is 1. The molecule has 0 saturated carbocycles. The van der Waals surface area contributed by atoms with Gasteiger partial charge in [-0.2, -0.15) is 0 Å². The van der Waals surface area contributed by atoms with E-state index in [1.165, 1.54) is 17.3 Å². The summed E-state index contributed by atoms with van der Waals surface area (Å²) in [6.07, 6.45) is 0.783. The number of H-pyrrole nitrogens is 1. The number of thioether (sulfide) groups is 1. The number of rotatable bonds is 6. The van der Waals surface area contributed by atoms with Gasteiger partial charge in [-0.3, -0.25) is 14.6 Å². The van der Waals surface area contributed by atoms with E-state index < -0.39 is 0 Å². The van der Waals surface area contributed by atoms with Crippen molar-refractivity contribution in [2.45, 2.75) is 30.7 Å². The smallest absolute Gasteiger partial charge is 0.273 e. The van der Waals surface area contributed by atoms with Gasteiger partial charge in [0, 0.05) is 6.54 Å². The summed E-state index contributed by atoms with van der Waals surface area (Å²) in [5.41, 5.74) is 1.20. The number of nitrogens with one attached hydrogen (secondary N) is 2. The molecule has 22 heavy (non-hydrogen) atoms. The SMILES string of the molecule is Cc1nnc(SC(C)C(=O)NCCc2ccccc2)[nH]c1=O. The molecule has 116 valence electrons. The van der Waals surface area contributed by atoms with E-state index in [0.717, 1.165) is 6.42 Å². The zero-order valence-corrected chi connectivity index (χ0v) is 13.3. The molecule has 1 amide bonds. The van der Waals surface area contributed by atoms with Crippen molar-refractivity contribution < 1.29 is 4.79 Å². The molecule has 0 radical (unpaired) electrons. The largest absolute Gasteiger partial charge is 0.355 e. The topological polar surface area (TPSA) is 87.7 Å². The van der Waals surface area contributed by atoms with Crippen molar-refractivity contribution in [3.8, 4) is 0 Å².